The number of ether oxygens (including phenoxy) is 1. The Balaban J connectivity index is 1.14. The van der Waals surface area contributed by atoms with E-state index in [1.165, 1.54) is 45.1 Å². The Morgan fingerprint density at radius 1 is 1.09 bits per heavy atom. The normalized spacial score (nSPS) is 42.3. The second kappa shape index (κ2) is 8.64. The van der Waals surface area contributed by atoms with Crippen LogP contribution in [-0.2, 0) is 11.3 Å². The Bertz CT molecular complexity index is 991. The highest BCUT2D eigenvalue weighted by Gasteiger charge is 2.64. The van der Waals surface area contributed by atoms with E-state index in [9.17, 15) is 4.79 Å². The van der Waals surface area contributed by atoms with E-state index in [0.717, 1.165) is 48.1 Å². The van der Waals surface area contributed by atoms with Gasteiger partial charge in [-0.2, -0.15) is 0 Å². The molecule has 4 fully saturated rings. The SMILES string of the molecule is C[C@H]1[C@H]2CC[C@H]3[C@@H]4CC=C5C[C@@H](N(C)C(=O)OCc6ccccc6)CC[C@]5(C)[C@H]4CCC23CN1C. The number of amides is 1. The van der Waals surface area contributed by atoms with Crippen LogP contribution in [0.3, 0.4) is 0 Å². The van der Waals surface area contributed by atoms with Crippen molar-refractivity contribution < 1.29 is 9.53 Å². The Morgan fingerprint density at radius 3 is 2.66 bits per heavy atom. The summed E-state index contributed by atoms with van der Waals surface area (Å²) in [5.41, 5.74) is 3.60. The summed E-state index contributed by atoms with van der Waals surface area (Å²) >= 11 is 0. The quantitative estimate of drug-likeness (QED) is 0.466. The lowest BCUT2D eigenvalue weighted by molar-refractivity contribution is -0.0435. The first-order valence-corrected chi connectivity index (χ1v) is 14.2. The molecule has 0 N–H and O–H groups in total. The zero-order valence-corrected chi connectivity index (χ0v) is 22.2. The van der Waals surface area contributed by atoms with Crippen molar-refractivity contribution in [2.75, 3.05) is 20.6 Å². The number of carbonyl (C=O) groups excluding carboxylic acids is 1. The monoisotopic (exact) mass is 476 g/mol. The minimum absolute atomic E-state index is 0.187. The van der Waals surface area contributed by atoms with Crippen LogP contribution in [-0.4, -0.2) is 48.6 Å². The average Bonchev–Trinajstić information content (AvgIpc) is 3.35. The topological polar surface area (TPSA) is 32.8 Å². The first-order valence-electron chi connectivity index (χ1n) is 14.2. The van der Waals surface area contributed by atoms with Crippen molar-refractivity contribution in [3.05, 3.63) is 47.5 Å². The number of hydrogen-bond acceptors (Lipinski definition) is 3. The van der Waals surface area contributed by atoms with Crippen LogP contribution in [0.25, 0.3) is 0 Å². The molecule has 0 bridgehead atoms. The van der Waals surface area contributed by atoms with Crippen LogP contribution in [0.4, 0.5) is 4.79 Å². The van der Waals surface area contributed by atoms with Gasteiger partial charge < -0.3 is 14.5 Å². The van der Waals surface area contributed by atoms with Crippen LogP contribution in [0.5, 0.6) is 0 Å². The average molecular weight is 477 g/mol. The van der Waals surface area contributed by atoms with Crippen molar-refractivity contribution >= 4 is 6.09 Å². The van der Waals surface area contributed by atoms with Gasteiger partial charge in [0.25, 0.3) is 0 Å². The first kappa shape index (κ1) is 23.6. The van der Waals surface area contributed by atoms with Crippen molar-refractivity contribution in [1.29, 1.82) is 0 Å². The van der Waals surface area contributed by atoms with E-state index < -0.39 is 0 Å². The van der Waals surface area contributed by atoms with Crippen molar-refractivity contribution in [2.45, 2.75) is 83.9 Å². The second-order valence-electron chi connectivity index (χ2n) is 12.9. The van der Waals surface area contributed by atoms with Gasteiger partial charge in [0.2, 0.25) is 0 Å². The second-order valence-corrected chi connectivity index (χ2v) is 12.9. The number of hydrogen-bond donors (Lipinski definition) is 0. The van der Waals surface area contributed by atoms with Gasteiger partial charge in [-0.1, -0.05) is 48.9 Å². The summed E-state index contributed by atoms with van der Waals surface area (Å²) in [4.78, 5) is 17.4. The van der Waals surface area contributed by atoms with E-state index in [1.54, 1.807) is 5.57 Å². The van der Waals surface area contributed by atoms with Gasteiger partial charge in [-0.3, -0.25) is 0 Å². The van der Waals surface area contributed by atoms with E-state index in [-0.39, 0.29) is 12.1 Å². The molecular weight excluding hydrogens is 432 g/mol. The van der Waals surface area contributed by atoms with E-state index in [1.807, 2.05) is 42.3 Å². The maximum atomic E-state index is 12.8. The largest absolute Gasteiger partial charge is 0.445 e. The molecule has 1 aromatic carbocycles. The zero-order chi connectivity index (χ0) is 24.4. The summed E-state index contributed by atoms with van der Waals surface area (Å²) in [6.07, 6.45) is 12.8. The van der Waals surface area contributed by atoms with Gasteiger partial charge in [-0.15, -0.1) is 0 Å². The van der Waals surface area contributed by atoms with Gasteiger partial charge in [-0.25, -0.2) is 4.79 Å². The Labute approximate surface area is 212 Å². The molecule has 3 saturated carbocycles. The molecule has 1 heterocycles. The van der Waals surface area contributed by atoms with Crippen LogP contribution in [0.1, 0.15) is 70.8 Å². The number of fused-ring (bicyclic) bond motifs is 4. The maximum absolute atomic E-state index is 12.8. The highest BCUT2D eigenvalue weighted by molar-refractivity contribution is 5.67. The third-order valence-corrected chi connectivity index (χ3v) is 11.7. The third-order valence-electron chi connectivity index (χ3n) is 11.7. The summed E-state index contributed by atoms with van der Waals surface area (Å²) in [7, 11) is 4.30. The maximum Gasteiger partial charge on any atom is 0.410 e. The summed E-state index contributed by atoms with van der Waals surface area (Å²) in [5, 5.41) is 0. The van der Waals surface area contributed by atoms with Gasteiger partial charge in [0.05, 0.1) is 0 Å². The lowest BCUT2D eigenvalue weighted by Gasteiger charge is -2.58. The van der Waals surface area contributed by atoms with E-state index in [0.29, 0.717) is 17.4 Å². The molecule has 1 aliphatic heterocycles. The van der Waals surface area contributed by atoms with Crippen LogP contribution >= 0.6 is 0 Å². The summed E-state index contributed by atoms with van der Waals surface area (Å²) in [6, 6.07) is 11.0. The first-order chi connectivity index (χ1) is 16.8. The molecule has 35 heavy (non-hydrogen) atoms. The smallest absolute Gasteiger partial charge is 0.410 e. The fraction of sp³-hybridized carbons (Fsp3) is 0.710. The molecule has 1 saturated heterocycles. The van der Waals surface area contributed by atoms with E-state index >= 15 is 0 Å². The Kier molecular flexibility index (Phi) is 5.82. The van der Waals surface area contributed by atoms with Gasteiger partial charge >= 0.3 is 6.09 Å². The van der Waals surface area contributed by atoms with E-state index in [4.69, 9.17) is 4.74 Å². The molecule has 4 aliphatic carbocycles. The van der Waals surface area contributed by atoms with Crippen molar-refractivity contribution in [2.24, 2.45) is 34.5 Å². The lowest BCUT2D eigenvalue weighted by atomic mass is 9.47. The highest BCUT2D eigenvalue weighted by atomic mass is 16.6. The minimum Gasteiger partial charge on any atom is -0.445 e. The number of likely N-dealkylation sites (tertiary alicyclic amines) is 1. The van der Waals surface area contributed by atoms with Crippen LogP contribution in [0, 0.1) is 34.5 Å². The number of carbonyl (C=O) groups is 1. The van der Waals surface area contributed by atoms with Crippen molar-refractivity contribution in [1.82, 2.24) is 9.80 Å². The molecular formula is C31H44N2O2. The predicted octanol–water partition coefficient (Wildman–Crippen LogP) is 6.52. The number of allylic oxidation sites excluding steroid dienone is 1. The lowest BCUT2D eigenvalue weighted by Crippen LogP contribution is -2.53. The molecule has 1 amide bonds. The molecule has 0 radical (unpaired) electrons. The van der Waals surface area contributed by atoms with Crippen molar-refractivity contribution in [3.63, 3.8) is 0 Å². The van der Waals surface area contributed by atoms with Gasteiger partial charge in [0.15, 0.2) is 0 Å². The number of rotatable bonds is 3. The fourth-order valence-corrected chi connectivity index (χ4v) is 9.74. The Hall–Kier alpha value is -1.81. The fourth-order valence-electron chi connectivity index (χ4n) is 9.74. The van der Waals surface area contributed by atoms with Crippen LogP contribution in [0.15, 0.2) is 42.0 Å². The summed E-state index contributed by atoms with van der Waals surface area (Å²) < 4.78 is 5.66. The molecule has 4 nitrogen and oxygen atoms in total. The van der Waals surface area contributed by atoms with Crippen LogP contribution < -0.4 is 0 Å². The molecule has 1 unspecified atom stereocenters. The highest BCUT2D eigenvalue weighted by Crippen LogP contribution is 2.68. The summed E-state index contributed by atoms with van der Waals surface area (Å²) in [5.74, 6) is 3.53. The third kappa shape index (κ3) is 3.61. The predicted molar refractivity (Wildman–Crippen MR) is 140 cm³/mol. The number of benzene rings is 1. The standard InChI is InChI=1S/C31H44N2O2/c1-21-26-12-13-28-25-11-10-23-18-24(33(4)29(34)35-19-22-8-6-5-7-9-22)14-16-30(23,2)27(25)15-17-31(26,28)20-32(21)3/h5-10,21,24-28H,11-20H2,1-4H3/t21-,24-,25+,26+,27-,28-,30-,31?/m0/s1. The van der Waals surface area contributed by atoms with Gasteiger partial charge in [0.1, 0.15) is 6.61 Å². The van der Waals surface area contributed by atoms with E-state index in [2.05, 4.69) is 31.9 Å². The van der Waals surface area contributed by atoms with Crippen LogP contribution in [0.2, 0.25) is 0 Å². The van der Waals surface area contributed by atoms with Gasteiger partial charge in [0, 0.05) is 25.7 Å². The molecule has 0 aromatic heterocycles. The molecule has 8 atom stereocenters. The molecule has 6 rings (SSSR count). The molecule has 190 valence electrons. The molecule has 4 heteroatoms. The van der Waals surface area contributed by atoms with Crippen molar-refractivity contribution in [3.8, 4) is 0 Å². The number of nitrogens with zero attached hydrogens (tertiary/aromatic N) is 2. The Morgan fingerprint density at radius 2 is 1.86 bits per heavy atom. The molecule has 1 spiro atoms. The zero-order valence-electron chi connectivity index (χ0n) is 22.2. The van der Waals surface area contributed by atoms with Gasteiger partial charge in [-0.05, 0) is 105 Å². The summed E-state index contributed by atoms with van der Waals surface area (Å²) in [6.45, 7) is 6.74. The molecule has 1 aromatic rings. The minimum atomic E-state index is -0.187. The molecule has 5 aliphatic rings.